The molecule has 1 saturated carbocycles. The van der Waals surface area contributed by atoms with Crippen LogP contribution in [0.2, 0.25) is 0 Å². The van der Waals surface area contributed by atoms with Crippen LogP contribution in [-0.4, -0.2) is 31.0 Å². The molecule has 0 aromatic heterocycles. The van der Waals surface area contributed by atoms with E-state index in [-0.39, 0.29) is 11.8 Å². The van der Waals surface area contributed by atoms with Crippen molar-refractivity contribution in [3.63, 3.8) is 0 Å². The van der Waals surface area contributed by atoms with Crippen LogP contribution in [0.1, 0.15) is 32.1 Å². The summed E-state index contributed by atoms with van der Waals surface area (Å²) in [5, 5.41) is 3.78. The molecule has 0 spiro atoms. The van der Waals surface area contributed by atoms with E-state index in [0.29, 0.717) is 19.8 Å². The van der Waals surface area contributed by atoms with Gasteiger partial charge in [-0.15, -0.1) is 0 Å². The zero-order chi connectivity index (χ0) is 10.9. The zero-order valence-corrected chi connectivity index (χ0v) is 10.7. The highest BCUT2D eigenvalue weighted by molar-refractivity contribution is 9.09. The average molecular weight is 278 g/mol. The highest BCUT2D eigenvalue weighted by Crippen LogP contribution is 2.23. The number of alkyl halides is 1. The summed E-state index contributed by atoms with van der Waals surface area (Å²) < 4.78 is 5.26. The topological polar surface area (TPSA) is 38.3 Å². The number of carbonyl (C=O) groups excluding carboxylic acids is 1. The number of nitrogens with one attached hydrogen (secondary N) is 1. The van der Waals surface area contributed by atoms with E-state index in [0.717, 1.165) is 18.2 Å². The van der Waals surface area contributed by atoms with E-state index >= 15 is 0 Å². The van der Waals surface area contributed by atoms with E-state index < -0.39 is 0 Å². The number of ether oxygens (including phenoxy) is 1. The Kier molecular flexibility index (Phi) is 7.01. The van der Waals surface area contributed by atoms with Gasteiger partial charge in [-0.25, -0.2) is 0 Å². The zero-order valence-electron chi connectivity index (χ0n) is 9.14. The van der Waals surface area contributed by atoms with Gasteiger partial charge in [-0.05, 0) is 12.8 Å². The van der Waals surface area contributed by atoms with E-state index in [1.54, 1.807) is 0 Å². The van der Waals surface area contributed by atoms with Crippen LogP contribution in [0.4, 0.5) is 0 Å². The number of hydrogen-bond acceptors (Lipinski definition) is 2. The molecule has 1 fully saturated rings. The number of rotatable bonds is 6. The first-order valence-electron chi connectivity index (χ1n) is 5.76. The fourth-order valence-electron chi connectivity index (χ4n) is 1.91. The van der Waals surface area contributed by atoms with Gasteiger partial charge in [0.1, 0.15) is 0 Å². The van der Waals surface area contributed by atoms with Crippen LogP contribution >= 0.6 is 15.9 Å². The van der Waals surface area contributed by atoms with Crippen LogP contribution in [0.25, 0.3) is 0 Å². The largest absolute Gasteiger partial charge is 0.379 e. The van der Waals surface area contributed by atoms with Crippen molar-refractivity contribution < 1.29 is 9.53 Å². The van der Waals surface area contributed by atoms with Gasteiger partial charge in [0, 0.05) is 17.8 Å². The van der Waals surface area contributed by atoms with Gasteiger partial charge in [0.2, 0.25) is 5.91 Å². The van der Waals surface area contributed by atoms with Crippen molar-refractivity contribution in [2.24, 2.45) is 5.92 Å². The molecule has 0 saturated heterocycles. The molecule has 1 N–H and O–H groups in total. The Hall–Kier alpha value is -0.0900. The predicted octanol–water partition coefficient (Wildman–Crippen LogP) is 2.09. The first kappa shape index (κ1) is 13.0. The lowest BCUT2D eigenvalue weighted by molar-refractivity contribution is -0.126. The van der Waals surface area contributed by atoms with Gasteiger partial charge >= 0.3 is 0 Å². The molecular weight excluding hydrogens is 258 g/mol. The summed E-state index contributed by atoms with van der Waals surface area (Å²) in [6.45, 7) is 1.96. The number of carbonyl (C=O) groups is 1. The van der Waals surface area contributed by atoms with Gasteiger partial charge in [0.05, 0.1) is 13.2 Å². The van der Waals surface area contributed by atoms with Gasteiger partial charge in [-0.1, -0.05) is 35.2 Å². The first-order chi connectivity index (χ1) is 7.34. The summed E-state index contributed by atoms with van der Waals surface area (Å²) in [5.41, 5.74) is 0. The minimum atomic E-state index is 0.220. The van der Waals surface area contributed by atoms with Crippen molar-refractivity contribution in [1.82, 2.24) is 5.32 Å². The van der Waals surface area contributed by atoms with Crippen molar-refractivity contribution in [1.29, 1.82) is 0 Å². The lowest BCUT2D eigenvalue weighted by atomic mass is 9.89. The summed E-state index contributed by atoms with van der Waals surface area (Å²) >= 11 is 3.28. The number of halogens is 1. The molecule has 1 rings (SSSR count). The van der Waals surface area contributed by atoms with Gasteiger partial charge in [-0.2, -0.15) is 0 Å². The molecule has 0 aromatic carbocycles. The average Bonchev–Trinajstić information content (AvgIpc) is 2.30. The van der Waals surface area contributed by atoms with Crippen molar-refractivity contribution >= 4 is 21.8 Å². The second kappa shape index (κ2) is 8.11. The highest BCUT2D eigenvalue weighted by atomic mass is 79.9. The Labute approximate surface area is 100 Å². The van der Waals surface area contributed by atoms with Crippen LogP contribution in [0, 0.1) is 5.92 Å². The van der Waals surface area contributed by atoms with Crippen LogP contribution in [0.3, 0.4) is 0 Å². The third-order valence-electron chi connectivity index (χ3n) is 2.74. The normalized spacial score (nSPS) is 17.7. The van der Waals surface area contributed by atoms with E-state index in [2.05, 4.69) is 21.2 Å². The molecule has 0 heterocycles. The smallest absolute Gasteiger partial charge is 0.223 e. The summed E-state index contributed by atoms with van der Waals surface area (Å²) in [6, 6.07) is 0. The molecule has 0 aliphatic heterocycles. The lowest BCUT2D eigenvalue weighted by Crippen LogP contribution is -2.34. The molecule has 0 atom stereocenters. The molecule has 1 amide bonds. The number of amides is 1. The Morgan fingerprint density at radius 3 is 2.67 bits per heavy atom. The quantitative estimate of drug-likeness (QED) is 0.597. The lowest BCUT2D eigenvalue weighted by Gasteiger charge is -2.20. The second-order valence-corrected chi connectivity index (χ2v) is 4.72. The van der Waals surface area contributed by atoms with E-state index in [1.807, 2.05) is 0 Å². The summed E-state index contributed by atoms with van der Waals surface area (Å²) in [5.74, 6) is 0.479. The fourth-order valence-corrected chi connectivity index (χ4v) is 2.14. The molecular formula is C11H20BrNO2. The van der Waals surface area contributed by atoms with Crippen LogP contribution in [0.15, 0.2) is 0 Å². The van der Waals surface area contributed by atoms with Crippen molar-refractivity contribution in [2.75, 3.05) is 25.1 Å². The minimum absolute atomic E-state index is 0.220. The van der Waals surface area contributed by atoms with Gasteiger partial charge in [-0.3, -0.25) is 4.79 Å². The maximum absolute atomic E-state index is 11.7. The highest BCUT2D eigenvalue weighted by Gasteiger charge is 2.20. The maximum atomic E-state index is 11.7. The monoisotopic (exact) mass is 277 g/mol. The van der Waals surface area contributed by atoms with E-state index in [9.17, 15) is 4.79 Å². The van der Waals surface area contributed by atoms with Gasteiger partial charge in [0.25, 0.3) is 0 Å². The first-order valence-corrected chi connectivity index (χ1v) is 6.88. The molecule has 1 aliphatic rings. The molecule has 0 bridgehead atoms. The van der Waals surface area contributed by atoms with Crippen LogP contribution < -0.4 is 5.32 Å². The molecule has 15 heavy (non-hydrogen) atoms. The molecule has 4 heteroatoms. The third kappa shape index (κ3) is 5.52. The van der Waals surface area contributed by atoms with E-state index in [4.69, 9.17) is 4.74 Å². The van der Waals surface area contributed by atoms with Gasteiger partial charge < -0.3 is 10.1 Å². The SMILES string of the molecule is O=C(NCCOCCBr)C1CCCCC1. The Balaban J connectivity index is 2.02. The van der Waals surface area contributed by atoms with Gasteiger partial charge in [0.15, 0.2) is 0 Å². The Morgan fingerprint density at radius 1 is 1.27 bits per heavy atom. The van der Waals surface area contributed by atoms with Crippen LogP contribution in [0.5, 0.6) is 0 Å². The minimum Gasteiger partial charge on any atom is -0.379 e. The molecule has 88 valence electrons. The second-order valence-electron chi connectivity index (χ2n) is 3.93. The molecule has 0 radical (unpaired) electrons. The van der Waals surface area contributed by atoms with Crippen LogP contribution in [-0.2, 0) is 9.53 Å². The standard InChI is InChI=1S/C11H20BrNO2/c12-6-8-15-9-7-13-11(14)10-4-2-1-3-5-10/h10H,1-9H2,(H,13,14). The molecule has 0 unspecified atom stereocenters. The summed E-state index contributed by atoms with van der Waals surface area (Å²) in [4.78, 5) is 11.7. The van der Waals surface area contributed by atoms with Crippen molar-refractivity contribution in [3.05, 3.63) is 0 Å². The summed E-state index contributed by atoms with van der Waals surface area (Å²) in [7, 11) is 0. The fraction of sp³-hybridized carbons (Fsp3) is 0.909. The molecule has 0 aromatic rings. The Morgan fingerprint density at radius 2 is 2.00 bits per heavy atom. The van der Waals surface area contributed by atoms with E-state index in [1.165, 1.54) is 19.3 Å². The number of hydrogen-bond donors (Lipinski definition) is 1. The Bertz CT molecular complexity index is 181. The molecule has 3 nitrogen and oxygen atoms in total. The molecule has 1 aliphatic carbocycles. The van der Waals surface area contributed by atoms with Crippen molar-refractivity contribution in [2.45, 2.75) is 32.1 Å². The third-order valence-corrected chi connectivity index (χ3v) is 3.07. The predicted molar refractivity (Wildman–Crippen MR) is 64.2 cm³/mol. The van der Waals surface area contributed by atoms with Crippen molar-refractivity contribution in [3.8, 4) is 0 Å². The maximum Gasteiger partial charge on any atom is 0.223 e. The summed E-state index contributed by atoms with van der Waals surface area (Å²) in [6.07, 6.45) is 5.83.